The Morgan fingerprint density at radius 3 is 2.68 bits per heavy atom. The van der Waals surface area contributed by atoms with Gasteiger partial charge in [0.1, 0.15) is 5.82 Å². The Morgan fingerprint density at radius 2 is 1.96 bits per heavy atom. The minimum absolute atomic E-state index is 0.184. The Balaban J connectivity index is 1.84. The van der Waals surface area contributed by atoms with E-state index in [1.54, 1.807) is 30.6 Å². The van der Waals surface area contributed by atoms with Crippen molar-refractivity contribution in [2.24, 2.45) is 0 Å². The van der Waals surface area contributed by atoms with Crippen LogP contribution in [0.25, 0.3) is 11.3 Å². The van der Waals surface area contributed by atoms with Crippen LogP contribution in [-0.4, -0.2) is 26.4 Å². The Kier molecular flexibility index (Phi) is 5.13. The maximum absolute atomic E-state index is 13.3. The average molecular weight is 340 g/mol. The summed E-state index contributed by atoms with van der Waals surface area (Å²) in [4.78, 5) is 20.3. The normalized spacial score (nSPS) is 10.6. The predicted molar refractivity (Wildman–Crippen MR) is 90.8 cm³/mol. The van der Waals surface area contributed by atoms with E-state index in [9.17, 15) is 9.18 Å². The third kappa shape index (κ3) is 4.26. The SMILES string of the molecule is CCCOc1ncc(-c2ccc(=O)n(Cc3cccc(F)c3)n2)cn1. The first-order chi connectivity index (χ1) is 12.2. The van der Waals surface area contributed by atoms with Crippen LogP contribution < -0.4 is 10.3 Å². The van der Waals surface area contributed by atoms with E-state index in [1.807, 2.05) is 6.92 Å². The molecular weight excluding hydrogens is 323 g/mol. The van der Waals surface area contributed by atoms with Gasteiger partial charge in [-0.1, -0.05) is 19.1 Å². The Hall–Kier alpha value is -3.09. The van der Waals surface area contributed by atoms with Gasteiger partial charge in [-0.15, -0.1) is 0 Å². The second-order valence-electron chi connectivity index (χ2n) is 5.45. The molecule has 3 rings (SSSR count). The lowest BCUT2D eigenvalue weighted by Gasteiger charge is -2.08. The van der Waals surface area contributed by atoms with Crippen molar-refractivity contribution in [1.82, 2.24) is 19.7 Å². The molecule has 25 heavy (non-hydrogen) atoms. The number of nitrogens with zero attached hydrogens (tertiary/aromatic N) is 4. The lowest BCUT2D eigenvalue weighted by molar-refractivity contribution is 0.292. The molecule has 6 nitrogen and oxygen atoms in total. The molecule has 0 atom stereocenters. The Morgan fingerprint density at radius 1 is 1.16 bits per heavy atom. The summed E-state index contributed by atoms with van der Waals surface area (Å²) < 4.78 is 19.9. The van der Waals surface area contributed by atoms with E-state index >= 15 is 0 Å². The molecule has 0 aliphatic heterocycles. The van der Waals surface area contributed by atoms with Gasteiger partial charge in [0.15, 0.2) is 0 Å². The van der Waals surface area contributed by atoms with Crippen molar-refractivity contribution in [2.45, 2.75) is 19.9 Å². The fourth-order valence-electron chi connectivity index (χ4n) is 2.24. The molecule has 0 spiro atoms. The lowest BCUT2D eigenvalue weighted by atomic mass is 10.2. The van der Waals surface area contributed by atoms with Crippen LogP contribution in [0.4, 0.5) is 4.39 Å². The minimum atomic E-state index is -0.349. The van der Waals surface area contributed by atoms with Gasteiger partial charge in [0.25, 0.3) is 5.56 Å². The second kappa shape index (κ2) is 7.65. The molecule has 1 aromatic carbocycles. The Bertz CT molecular complexity index is 909. The molecule has 0 fully saturated rings. The number of rotatable bonds is 6. The standard InChI is InChI=1S/C18H17FN4O2/c1-2-8-25-18-20-10-14(11-21-18)16-6-7-17(24)23(22-16)12-13-4-3-5-15(19)9-13/h3-7,9-11H,2,8,12H2,1H3. The molecule has 0 N–H and O–H groups in total. The van der Waals surface area contributed by atoms with Crippen molar-refractivity contribution in [2.75, 3.05) is 6.61 Å². The third-order valence-corrected chi connectivity index (χ3v) is 3.45. The number of halogens is 1. The van der Waals surface area contributed by atoms with E-state index < -0.39 is 0 Å². The number of hydrogen-bond donors (Lipinski definition) is 0. The van der Waals surface area contributed by atoms with Gasteiger partial charge < -0.3 is 4.74 Å². The maximum atomic E-state index is 13.3. The number of benzene rings is 1. The molecule has 0 aliphatic rings. The van der Waals surface area contributed by atoms with E-state index in [0.29, 0.717) is 29.4 Å². The molecule has 2 aromatic heterocycles. The van der Waals surface area contributed by atoms with Crippen LogP contribution in [0.5, 0.6) is 6.01 Å². The van der Waals surface area contributed by atoms with Gasteiger partial charge in [0, 0.05) is 24.0 Å². The van der Waals surface area contributed by atoms with E-state index in [2.05, 4.69) is 15.1 Å². The van der Waals surface area contributed by atoms with Crippen LogP contribution in [0.15, 0.2) is 53.6 Å². The highest BCUT2D eigenvalue weighted by molar-refractivity contribution is 5.55. The van der Waals surface area contributed by atoms with Gasteiger partial charge in [-0.2, -0.15) is 5.10 Å². The maximum Gasteiger partial charge on any atom is 0.316 e. The largest absolute Gasteiger partial charge is 0.463 e. The zero-order chi connectivity index (χ0) is 17.6. The molecule has 0 amide bonds. The quantitative estimate of drug-likeness (QED) is 0.690. The lowest BCUT2D eigenvalue weighted by Crippen LogP contribution is -2.22. The zero-order valence-electron chi connectivity index (χ0n) is 13.7. The molecule has 0 radical (unpaired) electrons. The fraction of sp³-hybridized carbons (Fsp3) is 0.222. The molecule has 0 aliphatic carbocycles. The summed E-state index contributed by atoms with van der Waals surface area (Å²) in [5, 5.41) is 4.32. The van der Waals surface area contributed by atoms with Gasteiger partial charge in [0.05, 0.1) is 18.8 Å². The van der Waals surface area contributed by atoms with E-state index in [-0.39, 0.29) is 17.9 Å². The first-order valence-electron chi connectivity index (χ1n) is 7.93. The van der Waals surface area contributed by atoms with Crippen LogP contribution in [0.1, 0.15) is 18.9 Å². The number of hydrogen-bond acceptors (Lipinski definition) is 5. The second-order valence-corrected chi connectivity index (χ2v) is 5.45. The molecule has 0 unspecified atom stereocenters. The van der Waals surface area contributed by atoms with Gasteiger partial charge in [-0.3, -0.25) is 4.79 Å². The van der Waals surface area contributed by atoms with E-state index in [1.165, 1.54) is 22.9 Å². The van der Waals surface area contributed by atoms with Crippen LogP contribution >= 0.6 is 0 Å². The highest BCUT2D eigenvalue weighted by Gasteiger charge is 2.07. The minimum Gasteiger partial charge on any atom is -0.463 e. The fourth-order valence-corrected chi connectivity index (χ4v) is 2.24. The highest BCUT2D eigenvalue weighted by atomic mass is 19.1. The summed E-state index contributed by atoms with van der Waals surface area (Å²) in [6.45, 7) is 2.74. The van der Waals surface area contributed by atoms with Gasteiger partial charge >= 0.3 is 6.01 Å². The monoisotopic (exact) mass is 340 g/mol. The van der Waals surface area contributed by atoms with Crippen molar-refractivity contribution >= 4 is 0 Å². The predicted octanol–water partition coefficient (Wildman–Crippen LogP) is 2.68. The smallest absolute Gasteiger partial charge is 0.316 e. The van der Waals surface area contributed by atoms with Crippen molar-refractivity contribution < 1.29 is 9.13 Å². The molecular formula is C18H17FN4O2. The van der Waals surface area contributed by atoms with Crippen molar-refractivity contribution in [3.8, 4) is 17.3 Å². The molecule has 2 heterocycles. The number of aromatic nitrogens is 4. The van der Waals surface area contributed by atoms with Gasteiger partial charge in [0.2, 0.25) is 0 Å². The van der Waals surface area contributed by atoms with E-state index in [0.717, 1.165) is 6.42 Å². The molecule has 0 saturated carbocycles. The van der Waals surface area contributed by atoms with Crippen molar-refractivity contribution in [3.05, 3.63) is 70.5 Å². The van der Waals surface area contributed by atoms with Crippen LogP contribution in [-0.2, 0) is 6.54 Å². The third-order valence-electron chi connectivity index (χ3n) is 3.45. The van der Waals surface area contributed by atoms with Crippen LogP contribution in [0.3, 0.4) is 0 Å². The summed E-state index contributed by atoms with van der Waals surface area (Å²) >= 11 is 0. The zero-order valence-corrected chi connectivity index (χ0v) is 13.7. The topological polar surface area (TPSA) is 69.9 Å². The van der Waals surface area contributed by atoms with Gasteiger partial charge in [-0.25, -0.2) is 19.0 Å². The summed E-state index contributed by atoms with van der Waals surface area (Å²) in [6.07, 6.45) is 4.06. The molecule has 128 valence electrons. The summed E-state index contributed by atoms with van der Waals surface area (Å²) in [5.41, 5.74) is 1.61. The number of ether oxygens (including phenoxy) is 1. The van der Waals surface area contributed by atoms with Crippen LogP contribution in [0.2, 0.25) is 0 Å². The molecule has 7 heteroatoms. The first-order valence-corrected chi connectivity index (χ1v) is 7.93. The average Bonchev–Trinajstić information content (AvgIpc) is 2.62. The summed E-state index contributed by atoms with van der Waals surface area (Å²) in [7, 11) is 0. The molecule has 3 aromatic rings. The van der Waals surface area contributed by atoms with Crippen LogP contribution in [0, 0.1) is 5.82 Å². The summed E-state index contributed by atoms with van der Waals surface area (Å²) in [6, 6.07) is 9.41. The molecule has 0 saturated heterocycles. The van der Waals surface area contributed by atoms with Crippen molar-refractivity contribution in [1.29, 1.82) is 0 Å². The summed E-state index contributed by atoms with van der Waals surface area (Å²) in [5.74, 6) is -0.349. The van der Waals surface area contributed by atoms with E-state index in [4.69, 9.17) is 4.74 Å². The Labute approximate surface area is 144 Å². The molecule has 0 bridgehead atoms. The first kappa shape index (κ1) is 16.8. The van der Waals surface area contributed by atoms with Gasteiger partial charge in [-0.05, 0) is 30.2 Å². The highest BCUT2D eigenvalue weighted by Crippen LogP contribution is 2.15. The van der Waals surface area contributed by atoms with Crippen molar-refractivity contribution in [3.63, 3.8) is 0 Å².